The van der Waals surface area contributed by atoms with Crippen molar-refractivity contribution in [2.75, 3.05) is 6.26 Å². The Morgan fingerprint density at radius 3 is 2.65 bits per heavy atom. The van der Waals surface area contributed by atoms with Gasteiger partial charge in [0.05, 0.1) is 30.7 Å². The second-order valence-corrected chi connectivity index (χ2v) is 7.82. The molecule has 1 aliphatic carbocycles. The number of halogens is 2. The number of nitrogens with one attached hydrogen (secondary N) is 1. The van der Waals surface area contributed by atoms with Crippen molar-refractivity contribution in [2.45, 2.75) is 31.2 Å². The topological polar surface area (TPSA) is 130 Å². The summed E-state index contributed by atoms with van der Waals surface area (Å²) in [6.07, 6.45) is 4.23. The maximum Gasteiger partial charge on any atom is 0.209 e. The maximum atomic E-state index is 11.3. The Bertz CT molecular complexity index is 805. The lowest BCUT2D eigenvalue weighted by Crippen LogP contribution is -2.42. The summed E-state index contributed by atoms with van der Waals surface area (Å²) in [6, 6.07) is 2.95. The molecule has 0 unspecified atom stereocenters. The molecule has 1 saturated carbocycles. The molecule has 2 aromatic rings. The number of aliphatic hydroxyl groups is 2. The molecule has 0 bridgehead atoms. The van der Waals surface area contributed by atoms with Crippen LogP contribution in [0.3, 0.4) is 0 Å². The minimum Gasteiger partial charge on any atom is -0.390 e. The third-order valence-electron chi connectivity index (χ3n) is 4.08. The largest absolute Gasteiger partial charge is 0.390 e. The second-order valence-electron chi connectivity index (χ2n) is 6.04. The molecule has 1 aliphatic rings. The number of rotatable bonds is 5. The highest BCUT2D eigenvalue weighted by Crippen LogP contribution is 2.28. The average Bonchev–Trinajstić information content (AvgIpc) is 3.09. The molecule has 9 nitrogen and oxygen atoms in total. The van der Waals surface area contributed by atoms with E-state index in [1.54, 1.807) is 29.3 Å². The van der Waals surface area contributed by atoms with Gasteiger partial charge in [0.1, 0.15) is 5.69 Å². The van der Waals surface area contributed by atoms with Crippen LogP contribution in [0.5, 0.6) is 0 Å². The molecule has 3 N–H and O–H groups in total. The average molecular weight is 426 g/mol. The minimum atomic E-state index is -3.45. The second kappa shape index (κ2) is 9.07. The summed E-state index contributed by atoms with van der Waals surface area (Å²) in [5, 5.41) is 28.3. The van der Waals surface area contributed by atoms with Gasteiger partial charge >= 0.3 is 0 Å². The molecule has 2 aromatic heterocycles. The Morgan fingerprint density at radius 2 is 2.04 bits per heavy atom. The van der Waals surface area contributed by atoms with Crippen LogP contribution in [-0.4, -0.2) is 63.1 Å². The van der Waals surface area contributed by atoms with Gasteiger partial charge < -0.3 is 10.2 Å². The quantitative estimate of drug-likeness (QED) is 0.606. The van der Waals surface area contributed by atoms with Crippen molar-refractivity contribution in [3.05, 3.63) is 30.7 Å². The Morgan fingerprint density at radius 1 is 1.31 bits per heavy atom. The van der Waals surface area contributed by atoms with E-state index in [9.17, 15) is 18.6 Å². The Labute approximate surface area is 163 Å². The third-order valence-corrected chi connectivity index (χ3v) is 4.82. The van der Waals surface area contributed by atoms with Crippen LogP contribution in [0.15, 0.2) is 30.7 Å². The van der Waals surface area contributed by atoms with Gasteiger partial charge in [-0.15, -0.1) is 29.9 Å². The van der Waals surface area contributed by atoms with Gasteiger partial charge in [-0.05, 0) is 18.6 Å². The molecule has 26 heavy (non-hydrogen) atoms. The zero-order chi connectivity index (χ0) is 17.3. The van der Waals surface area contributed by atoms with Crippen LogP contribution in [0.1, 0.15) is 6.42 Å². The number of hydrogen-bond acceptors (Lipinski definition) is 7. The first-order valence-corrected chi connectivity index (χ1v) is 9.36. The van der Waals surface area contributed by atoms with Crippen molar-refractivity contribution in [3.8, 4) is 11.3 Å². The van der Waals surface area contributed by atoms with E-state index < -0.39 is 28.3 Å². The van der Waals surface area contributed by atoms with E-state index in [4.69, 9.17) is 0 Å². The molecular weight excluding hydrogens is 405 g/mol. The Kier molecular flexibility index (Phi) is 7.93. The van der Waals surface area contributed by atoms with Crippen LogP contribution >= 0.6 is 24.8 Å². The number of aliphatic hydroxyl groups excluding tert-OH is 2. The fourth-order valence-corrected chi connectivity index (χ4v) is 3.76. The summed E-state index contributed by atoms with van der Waals surface area (Å²) < 4.78 is 26.6. The van der Waals surface area contributed by atoms with E-state index in [-0.39, 0.29) is 30.7 Å². The summed E-state index contributed by atoms with van der Waals surface area (Å²) in [6.45, 7) is 0.327. The first kappa shape index (κ1) is 22.7. The third kappa shape index (κ3) is 5.35. The SMILES string of the molecule is CS(=O)(=O)N[C@@H]1C[C@H](Cn2cc(-c3cccnc3)nn2)[C@@H](O)[C@H]1O.Cl.Cl. The fourth-order valence-electron chi connectivity index (χ4n) is 2.97. The van der Waals surface area contributed by atoms with Gasteiger partial charge in [-0.25, -0.2) is 13.1 Å². The number of aromatic nitrogens is 4. The predicted molar refractivity (Wildman–Crippen MR) is 99.6 cm³/mol. The van der Waals surface area contributed by atoms with Crippen LogP contribution in [0.25, 0.3) is 11.3 Å². The van der Waals surface area contributed by atoms with Crippen molar-refractivity contribution in [2.24, 2.45) is 5.92 Å². The van der Waals surface area contributed by atoms with E-state index in [1.807, 2.05) is 6.07 Å². The highest BCUT2D eigenvalue weighted by atomic mass is 35.5. The summed E-state index contributed by atoms with van der Waals surface area (Å²) >= 11 is 0. The van der Waals surface area contributed by atoms with Crippen molar-refractivity contribution in [1.82, 2.24) is 24.7 Å². The lowest BCUT2D eigenvalue weighted by atomic mass is 10.1. The molecule has 146 valence electrons. The molecule has 0 radical (unpaired) electrons. The molecule has 3 rings (SSSR count). The molecule has 0 amide bonds. The molecule has 4 atom stereocenters. The summed E-state index contributed by atoms with van der Waals surface area (Å²) in [5.74, 6) is -0.331. The zero-order valence-electron chi connectivity index (χ0n) is 13.8. The van der Waals surface area contributed by atoms with E-state index >= 15 is 0 Å². The molecule has 0 spiro atoms. The van der Waals surface area contributed by atoms with Crippen LogP contribution in [-0.2, 0) is 16.6 Å². The fraction of sp³-hybridized carbons (Fsp3) is 0.500. The summed E-state index contributed by atoms with van der Waals surface area (Å²) in [5.41, 5.74) is 1.48. The Hall–Kier alpha value is -1.30. The van der Waals surface area contributed by atoms with Gasteiger partial charge in [0.2, 0.25) is 10.0 Å². The van der Waals surface area contributed by atoms with Crippen LogP contribution < -0.4 is 4.72 Å². The highest BCUT2D eigenvalue weighted by molar-refractivity contribution is 7.88. The van der Waals surface area contributed by atoms with E-state index in [0.29, 0.717) is 18.7 Å². The monoisotopic (exact) mass is 425 g/mol. The van der Waals surface area contributed by atoms with E-state index in [2.05, 4.69) is 20.0 Å². The standard InChI is InChI=1S/C14H19N5O4S.2ClH/c1-24(22,23)17-11-5-10(13(20)14(11)21)7-19-8-12(16-18-19)9-3-2-4-15-6-9;;/h2-4,6,8,10-11,13-14,17,20-21H,5,7H2,1H3;2*1H/t10-,11-,13-,14+;;/m1../s1. The van der Waals surface area contributed by atoms with Crippen LogP contribution in [0, 0.1) is 5.92 Å². The van der Waals surface area contributed by atoms with Gasteiger partial charge in [0.25, 0.3) is 0 Å². The van der Waals surface area contributed by atoms with Gasteiger partial charge in [0.15, 0.2) is 0 Å². The van der Waals surface area contributed by atoms with Gasteiger partial charge in [-0.2, -0.15) is 0 Å². The summed E-state index contributed by atoms with van der Waals surface area (Å²) in [7, 11) is -3.45. The van der Waals surface area contributed by atoms with E-state index in [1.165, 1.54) is 0 Å². The minimum absolute atomic E-state index is 0. The molecule has 0 aliphatic heterocycles. The lowest BCUT2D eigenvalue weighted by Gasteiger charge is -2.17. The number of nitrogens with zero attached hydrogens (tertiary/aromatic N) is 4. The smallest absolute Gasteiger partial charge is 0.209 e. The first-order chi connectivity index (χ1) is 11.3. The summed E-state index contributed by atoms with van der Waals surface area (Å²) in [4.78, 5) is 4.02. The number of hydrogen-bond donors (Lipinski definition) is 3. The molecule has 0 aromatic carbocycles. The van der Waals surface area contributed by atoms with Crippen molar-refractivity contribution in [3.63, 3.8) is 0 Å². The molecule has 0 saturated heterocycles. The zero-order valence-corrected chi connectivity index (χ0v) is 16.3. The first-order valence-electron chi connectivity index (χ1n) is 7.47. The highest BCUT2D eigenvalue weighted by Gasteiger charge is 2.42. The molecule has 12 heteroatoms. The van der Waals surface area contributed by atoms with Crippen molar-refractivity contribution >= 4 is 34.8 Å². The van der Waals surface area contributed by atoms with Crippen molar-refractivity contribution in [1.29, 1.82) is 0 Å². The van der Waals surface area contributed by atoms with Gasteiger partial charge in [-0.1, -0.05) is 5.21 Å². The van der Waals surface area contributed by atoms with Gasteiger partial charge in [-0.3, -0.25) is 9.67 Å². The number of sulfonamides is 1. The maximum absolute atomic E-state index is 11.3. The molecule has 2 heterocycles. The predicted octanol–water partition coefficient (Wildman–Crippen LogP) is -0.157. The van der Waals surface area contributed by atoms with Crippen LogP contribution in [0.2, 0.25) is 0 Å². The van der Waals surface area contributed by atoms with Crippen LogP contribution in [0.4, 0.5) is 0 Å². The van der Waals surface area contributed by atoms with Gasteiger partial charge in [0, 0.05) is 30.4 Å². The number of pyridine rings is 1. The van der Waals surface area contributed by atoms with Crippen molar-refractivity contribution < 1.29 is 18.6 Å². The normalized spacial score (nSPS) is 25.3. The Balaban J connectivity index is 0.00000169. The molecular formula is C14H21Cl2N5O4S. The molecule has 1 fully saturated rings. The van der Waals surface area contributed by atoms with E-state index in [0.717, 1.165) is 11.8 Å². The lowest BCUT2D eigenvalue weighted by molar-refractivity contribution is 0.00974.